The van der Waals surface area contributed by atoms with Crippen LogP contribution in [0.15, 0.2) is 24.3 Å². The lowest BCUT2D eigenvalue weighted by Gasteiger charge is -2.31. The van der Waals surface area contributed by atoms with Crippen molar-refractivity contribution >= 4 is 16.8 Å². The van der Waals surface area contributed by atoms with Crippen molar-refractivity contribution in [2.24, 2.45) is 13.0 Å². The van der Waals surface area contributed by atoms with E-state index in [1.165, 1.54) is 0 Å². The number of para-hydroxylation sites is 1. The van der Waals surface area contributed by atoms with Gasteiger partial charge in [-0.3, -0.25) is 9.48 Å². The van der Waals surface area contributed by atoms with Gasteiger partial charge < -0.3 is 10.0 Å². The van der Waals surface area contributed by atoms with Gasteiger partial charge in [0, 0.05) is 32.1 Å². The van der Waals surface area contributed by atoms with Gasteiger partial charge in [-0.2, -0.15) is 5.10 Å². The van der Waals surface area contributed by atoms with E-state index in [4.69, 9.17) is 0 Å². The Labute approximate surface area is 117 Å². The molecule has 5 nitrogen and oxygen atoms in total. The molecule has 2 heterocycles. The van der Waals surface area contributed by atoms with E-state index in [0.29, 0.717) is 12.2 Å². The van der Waals surface area contributed by atoms with Gasteiger partial charge in [-0.15, -0.1) is 0 Å². The second-order valence-electron chi connectivity index (χ2n) is 5.43. The van der Waals surface area contributed by atoms with Gasteiger partial charge in [0.05, 0.1) is 5.52 Å². The number of carbonyl (C=O) groups is 1. The number of aliphatic hydroxyl groups is 1. The van der Waals surface area contributed by atoms with E-state index >= 15 is 0 Å². The van der Waals surface area contributed by atoms with Gasteiger partial charge in [-0.05, 0) is 24.8 Å². The third kappa shape index (κ3) is 2.18. The van der Waals surface area contributed by atoms with Crippen molar-refractivity contribution in [1.29, 1.82) is 0 Å². The second-order valence-corrected chi connectivity index (χ2v) is 5.43. The predicted octanol–water partition coefficient (Wildman–Crippen LogP) is 1.42. The van der Waals surface area contributed by atoms with Crippen LogP contribution >= 0.6 is 0 Å². The monoisotopic (exact) mass is 273 g/mol. The molecule has 1 amide bonds. The van der Waals surface area contributed by atoms with Gasteiger partial charge in [0.2, 0.25) is 0 Å². The molecule has 1 unspecified atom stereocenters. The van der Waals surface area contributed by atoms with Crippen molar-refractivity contribution in [3.63, 3.8) is 0 Å². The lowest BCUT2D eigenvalue weighted by Crippen LogP contribution is -2.41. The van der Waals surface area contributed by atoms with Crippen molar-refractivity contribution in [1.82, 2.24) is 14.7 Å². The number of benzene rings is 1. The molecule has 20 heavy (non-hydrogen) atoms. The Morgan fingerprint density at radius 2 is 2.25 bits per heavy atom. The summed E-state index contributed by atoms with van der Waals surface area (Å²) >= 11 is 0. The standard InChI is InChI=1S/C15H19N3O2/c1-17-13-7-3-2-6-12(13)14(16-17)15(20)18-8-4-5-11(9-18)10-19/h2-3,6-7,11,19H,4-5,8-10H2,1H3. The summed E-state index contributed by atoms with van der Waals surface area (Å²) in [6, 6.07) is 7.77. The maximum atomic E-state index is 12.7. The normalized spacial score (nSPS) is 19.5. The summed E-state index contributed by atoms with van der Waals surface area (Å²) in [4.78, 5) is 14.5. The fourth-order valence-corrected chi connectivity index (χ4v) is 2.92. The summed E-state index contributed by atoms with van der Waals surface area (Å²) < 4.78 is 1.75. The molecule has 5 heteroatoms. The number of aliphatic hydroxyl groups excluding tert-OH is 1. The maximum absolute atomic E-state index is 12.7. The molecular weight excluding hydrogens is 254 g/mol. The third-order valence-electron chi connectivity index (χ3n) is 4.02. The first-order chi connectivity index (χ1) is 9.70. The number of piperidine rings is 1. The molecule has 1 fully saturated rings. The van der Waals surface area contributed by atoms with E-state index in [1.54, 1.807) is 4.68 Å². The van der Waals surface area contributed by atoms with E-state index in [1.807, 2.05) is 36.2 Å². The predicted molar refractivity (Wildman–Crippen MR) is 76.4 cm³/mol. The molecule has 106 valence electrons. The molecule has 1 saturated heterocycles. The Hall–Kier alpha value is -1.88. The minimum Gasteiger partial charge on any atom is -0.396 e. The Morgan fingerprint density at radius 3 is 3.05 bits per heavy atom. The number of aryl methyl sites for hydroxylation is 1. The number of rotatable bonds is 2. The fourth-order valence-electron chi connectivity index (χ4n) is 2.92. The van der Waals surface area contributed by atoms with Gasteiger partial charge in [0.1, 0.15) is 0 Å². The van der Waals surface area contributed by atoms with Crippen LogP contribution < -0.4 is 0 Å². The number of fused-ring (bicyclic) bond motifs is 1. The summed E-state index contributed by atoms with van der Waals surface area (Å²) in [5.41, 5.74) is 1.48. The van der Waals surface area contributed by atoms with Crippen molar-refractivity contribution in [2.45, 2.75) is 12.8 Å². The molecule has 1 aliphatic rings. The summed E-state index contributed by atoms with van der Waals surface area (Å²) in [7, 11) is 1.85. The lowest BCUT2D eigenvalue weighted by atomic mass is 9.98. The lowest BCUT2D eigenvalue weighted by molar-refractivity contribution is 0.0616. The Bertz CT molecular complexity index is 635. The molecule has 3 rings (SSSR count). The van der Waals surface area contributed by atoms with Crippen LogP contribution in [0.2, 0.25) is 0 Å². The SMILES string of the molecule is Cn1nc(C(=O)N2CCCC(CO)C2)c2ccccc21. The van der Waals surface area contributed by atoms with Crippen LogP contribution in [0.5, 0.6) is 0 Å². The zero-order valence-corrected chi connectivity index (χ0v) is 11.6. The first kappa shape index (κ1) is 13.1. The van der Waals surface area contributed by atoms with Crippen molar-refractivity contribution in [2.75, 3.05) is 19.7 Å². The molecule has 1 aromatic heterocycles. The van der Waals surface area contributed by atoms with Gasteiger partial charge in [0.15, 0.2) is 5.69 Å². The quantitative estimate of drug-likeness (QED) is 0.900. The highest BCUT2D eigenvalue weighted by molar-refractivity contribution is 6.04. The molecule has 1 atom stereocenters. The smallest absolute Gasteiger partial charge is 0.275 e. The number of hydrogen-bond donors (Lipinski definition) is 1. The number of likely N-dealkylation sites (tertiary alicyclic amines) is 1. The van der Waals surface area contributed by atoms with Crippen LogP contribution in [-0.4, -0.2) is 45.4 Å². The highest BCUT2D eigenvalue weighted by Crippen LogP contribution is 2.22. The molecule has 1 aliphatic heterocycles. The molecule has 1 N–H and O–H groups in total. The Balaban J connectivity index is 1.92. The number of amides is 1. The van der Waals surface area contributed by atoms with Crippen LogP contribution in [-0.2, 0) is 7.05 Å². The Kier molecular flexibility index (Phi) is 3.44. The number of nitrogens with zero attached hydrogens (tertiary/aromatic N) is 3. The first-order valence-electron chi connectivity index (χ1n) is 7.02. The summed E-state index contributed by atoms with van der Waals surface area (Å²) in [6.07, 6.45) is 1.94. The van der Waals surface area contributed by atoms with E-state index in [-0.39, 0.29) is 18.4 Å². The highest BCUT2D eigenvalue weighted by Gasteiger charge is 2.26. The molecule has 0 aliphatic carbocycles. The molecule has 0 spiro atoms. The molecular formula is C15H19N3O2. The van der Waals surface area contributed by atoms with Crippen molar-refractivity contribution in [3.8, 4) is 0 Å². The number of aromatic nitrogens is 2. The zero-order valence-electron chi connectivity index (χ0n) is 11.6. The first-order valence-corrected chi connectivity index (χ1v) is 7.02. The zero-order chi connectivity index (χ0) is 14.1. The Morgan fingerprint density at radius 1 is 1.45 bits per heavy atom. The largest absolute Gasteiger partial charge is 0.396 e. The molecule has 0 saturated carbocycles. The number of carbonyl (C=O) groups excluding carboxylic acids is 1. The average molecular weight is 273 g/mol. The second kappa shape index (κ2) is 5.25. The van der Waals surface area contributed by atoms with Gasteiger partial charge in [0.25, 0.3) is 5.91 Å². The molecule has 0 bridgehead atoms. The van der Waals surface area contributed by atoms with E-state index < -0.39 is 0 Å². The maximum Gasteiger partial charge on any atom is 0.275 e. The summed E-state index contributed by atoms with van der Waals surface area (Å²) in [6.45, 7) is 1.52. The van der Waals surface area contributed by atoms with Gasteiger partial charge >= 0.3 is 0 Å². The van der Waals surface area contributed by atoms with Crippen molar-refractivity contribution in [3.05, 3.63) is 30.0 Å². The topological polar surface area (TPSA) is 58.4 Å². The summed E-state index contributed by atoms with van der Waals surface area (Å²) in [5, 5.41) is 14.6. The van der Waals surface area contributed by atoms with Crippen LogP contribution in [0.25, 0.3) is 10.9 Å². The van der Waals surface area contributed by atoms with E-state index in [0.717, 1.165) is 30.3 Å². The van der Waals surface area contributed by atoms with Crippen LogP contribution in [0.4, 0.5) is 0 Å². The van der Waals surface area contributed by atoms with Gasteiger partial charge in [-0.25, -0.2) is 0 Å². The average Bonchev–Trinajstić information content (AvgIpc) is 2.84. The van der Waals surface area contributed by atoms with E-state index in [2.05, 4.69) is 5.10 Å². The van der Waals surface area contributed by atoms with Crippen LogP contribution in [0, 0.1) is 5.92 Å². The molecule has 1 aromatic carbocycles. The molecule has 2 aromatic rings. The fraction of sp³-hybridized carbons (Fsp3) is 0.467. The van der Waals surface area contributed by atoms with E-state index in [9.17, 15) is 9.90 Å². The van der Waals surface area contributed by atoms with Crippen molar-refractivity contribution < 1.29 is 9.90 Å². The minimum absolute atomic E-state index is 0.0278. The van der Waals surface area contributed by atoms with Crippen LogP contribution in [0.1, 0.15) is 23.3 Å². The summed E-state index contributed by atoms with van der Waals surface area (Å²) in [5.74, 6) is 0.169. The number of hydrogen-bond acceptors (Lipinski definition) is 3. The minimum atomic E-state index is -0.0278. The van der Waals surface area contributed by atoms with Gasteiger partial charge in [-0.1, -0.05) is 18.2 Å². The third-order valence-corrected chi connectivity index (χ3v) is 4.02. The highest BCUT2D eigenvalue weighted by atomic mass is 16.3. The molecule has 0 radical (unpaired) electrons. The van der Waals surface area contributed by atoms with Crippen LogP contribution in [0.3, 0.4) is 0 Å².